The first-order valence-corrected chi connectivity index (χ1v) is 6.29. The lowest BCUT2D eigenvalue weighted by Gasteiger charge is -2.28. The molecule has 0 saturated heterocycles. The standard InChI is InChI=1S/C14H21FN2O2/c1-4-17(12-8-6-5-7-11(12)15)10-9-14(2,16)13(18)19-3/h5-8H,4,9-10,16H2,1-3H3. The van der Waals surface area contributed by atoms with Crippen LogP contribution in [0.3, 0.4) is 0 Å². The fourth-order valence-electron chi connectivity index (χ4n) is 1.86. The van der Waals surface area contributed by atoms with Crippen molar-refractivity contribution in [3.63, 3.8) is 0 Å². The van der Waals surface area contributed by atoms with Crippen LogP contribution < -0.4 is 10.6 Å². The van der Waals surface area contributed by atoms with Crippen molar-refractivity contribution in [1.29, 1.82) is 0 Å². The summed E-state index contributed by atoms with van der Waals surface area (Å²) in [5, 5.41) is 0. The van der Waals surface area contributed by atoms with E-state index in [9.17, 15) is 9.18 Å². The second-order valence-corrected chi connectivity index (χ2v) is 4.69. The van der Waals surface area contributed by atoms with Gasteiger partial charge in [0.15, 0.2) is 0 Å². The molecule has 0 aliphatic carbocycles. The average molecular weight is 268 g/mol. The summed E-state index contributed by atoms with van der Waals surface area (Å²) in [6.45, 7) is 4.67. The van der Waals surface area contributed by atoms with Crippen LogP contribution in [0.15, 0.2) is 24.3 Å². The summed E-state index contributed by atoms with van der Waals surface area (Å²) in [7, 11) is 1.31. The molecule has 0 radical (unpaired) electrons. The highest BCUT2D eigenvalue weighted by Crippen LogP contribution is 2.20. The van der Waals surface area contributed by atoms with E-state index in [-0.39, 0.29) is 5.82 Å². The number of rotatable bonds is 6. The van der Waals surface area contributed by atoms with Crippen LogP contribution in [0, 0.1) is 5.82 Å². The molecule has 0 amide bonds. The molecule has 4 nitrogen and oxygen atoms in total. The number of nitrogens with two attached hydrogens (primary N) is 1. The van der Waals surface area contributed by atoms with Crippen molar-refractivity contribution in [2.45, 2.75) is 25.8 Å². The molecule has 19 heavy (non-hydrogen) atoms. The van der Waals surface area contributed by atoms with Gasteiger partial charge in [-0.05, 0) is 32.4 Å². The Kier molecular flexibility index (Phi) is 5.30. The minimum atomic E-state index is -1.06. The summed E-state index contributed by atoms with van der Waals surface area (Å²) in [6.07, 6.45) is 0.391. The molecule has 1 unspecified atom stereocenters. The lowest BCUT2D eigenvalue weighted by Crippen LogP contribution is -2.48. The van der Waals surface area contributed by atoms with E-state index >= 15 is 0 Å². The number of para-hydroxylation sites is 1. The lowest BCUT2D eigenvalue weighted by atomic mass is 9.99. The molecule has 0 spiro atoms. The summed E-state index contributed by atoms with van der Waals surface area (Å²) in [5.41, 5.74) is 5.35. The molecule has 1 atom stereocenters. The van der Waals surface area contributed by atoms with Gasteiger partial charge in [0.25, 0.3) is 0 Å². The molecule has 0 aliphatic rings. The smallest absolute Gasteiger partial charge is 0.325 e. The van der Waals surface area contributed by atoms with E-state index in [4.69, 9.17) is 5.73 Å². The first kappa shape index (κ1) is 15.4. The summed E-state index contributed by atoms with van der Waals surface area (Å²) < 4.78 is 18.4. The van der Waals surface area contributed by atoms with Gasteiger partial charge < -0.3 is 15.4 Å². The van der Waals surface area contributed by atoms with Gasteiger partial charge in [0.1, 0.15) is 11.4 Å². The maximum absolute atomic E-state index is 13.7. The molecule has 106 valence electrons. The Labute approximate surface area is 113 Å². The Morgan fingerprint density at radius 1 is 1.47 bits per heavy atom. The topological polar surface area (TPSA) is 55.6 Å². The minimum absolute atomic E-state index is 0.277. The molecular formula is C14H21FN2O2. The molecule has 0 saturated carbocycles. The zero-order chi connectivity index (χ0) is 14.5. The highest BCUT2D eigenvalue weighted by molar-refractivity contribution is 5.79. The average Bonchev–Trinajstić information content (AvgIpc) is 2.40. The molecule has 0 fully saturated rings. The molecule has 0 bridgehead atoms. The van der Waals surface area contributed by atoms with Crippen LogP contribution in [-0.4, -0.2) is 31.7 Å². The van der Waals surface area contributed by atoms with E-state index in [0.717, 1.165) is 0 Å². The number of ether oxygens (including phenoxy) is 1. The second-order valence-electron chi connectivity index (χ2n) is 4.69. The van der Waals surface area contributed by atoms with Gasteiger partial charge in [-0.25, -0.2) is 4.39 Å². The number of halogens is 1. The third-order valence-electron chi connectivity index (χ3n) is 3.13. The van der Waals surface area contributed by atoms with E-state index in [1.54, 1.807) is 25.1 Å². The van der Waals surface area contributed by atoms with Gasteiger partial charge in [-0.1, -0.05) is 12.1 Å². The van der Waals surface area contributed by atoms with Crippen LogP contribution in [0.4, 0.5) is 10.1 Å². The van der Waals surface area contributed by atoms with Gasteiger partial charge in [-0.3, -0.25) is 4.79 Å². The Morgan fingerprint density at radius 2 is 2.11 bits per heavy atom. The number of hydrogen-bond acceptors (Lipinski definition) is 4. The van der Waals surface area contributed by atoms with Crippen molar-refractivity contribution in [3.8, 4) is 0 Å². The third-order valence-corrected chi connectivity index (χ3v) is 3.13. The number of nitrogens with zero attached hydrogens (tertiary/aromatic N) is 1. The van der Waals surface area contributed by atoms with Crippen LogP contribution in [0.5, 0.6) is 0 Å². The van der Waals surface area contributed by atoms with Crippen LogP contribution in [0.25, 0.3) is 0 Å². The molecule has 1 rings (SSSR count). The molecule has 0 heterocycles. The predicted molar refractivity (Wildman–Crippen MR) is 73.5 cm³/mol. The molecule has 5 heteroatoms. The second kappa shape index (κ2) is 6.52. The molecular weight excluding hydrogens is 247 g/mol. The monoisotopic (exact) mass is 268 g/mol. The van der Waals surface area contributed by atoms with E-state index < -0.39 is 11.5 Å². The largest absolute Gasteiger partial charge is 0.468 e. The predicted octanol–water partition coefficient (Wildman–Crippen LogP) is 1.93. The van der Waals surface area contributed by atoms with Crippen molar-refractivity contribution < 1.29 is 13.9 Å². The molecule has 0 aliphatic heterocycles. The fourth-order valence-corrected chi connectivity index (χ4v) is 1.86. The maximum Gasteiger partial charge on any atom is 0.325 e. The molecule has 2 N–H and O–H groups in total. The zero-order valence-electron chi connectivity index (χ0n) is 11.6. The number of carbonyl (C=O) groups excluding carboxylic acids is 1. The van der Waals surface area contributed by atoms with Crippen molar-refractivity contribution in [3.05, 3.63) is 30.1 Å². The van der Waals surface area contributed by atoms with Gasteiger partial charge in [0.2, 0.25) is 0 Å². The van der Waals surface area contributed by atoms with E-state index in [0.29, 0.717) is 25.2 Å². The van der Waals surface area contributed by atoms with Gasteiger partial charge in [0.05, 0.1) is 12.8 Å². The summed E-state index contributed by atoms with van der Waals surface area (Å²) in [6, 6.07) is 6.56. The minimum Gasteiger partial charge on any atom is -0.468 e. The quantitative estimate of drug-likeness (QED) is 0.801. The Hall–Kier alpha value is -1.62. The first-order chi connectivity index (χ1) is 8.92. The van der Waals surface area contributed by atoms with Crippen molar-refractivity contribution in [2.24, 2.45) is 5.73 Å². The van der Waals surface area contributed by atoms with Crippen LogP contribution in [-0.2, 0) is 9.53 Å². The van der Waals surface area contributed by atoms with Gasteiger partial charge in [-0.2, -0.15) is 0 Å². The summed E-state index contributed by atoms with van der Waals surface area (Å²) >= 11 is 0. The Morgan fingerprint density at radius 3 is 2.63 bits per heavy atom. The van der Waals surface area contributed by atoms with Gasteiger partial charge in [0, 0.05) is 13.1 Å². The summed E-state index contributed by atoms with van der Waals surface area (Å²) in [5.74, 6) is -0.738. The van der Waals surface area contributed by atoms with Crippen molar-refractivity contribution in [2.75, 3.05) is 25.1 Å². The van der Waals surface area contributed by atoms with E-state index in [1.165, 1.54) is 13.2 Å². The highest BCUT2D eigenvalue weighted by atomic mass is 19.1. The number of benzene rings is 1. The van der Waals surface area contributed by atoms with E-state index in [2.05, 4.69) is 4.74 Å². The van der Waals surface area contributed by atoms with E-state index in [1.807, 2.05) is 11.8 Å². The van der Waals surface area contributed by atoms with Gasteiger partial charge in [-0.15, -0.1) is 0 Å². The first-order valence-electron chi connectivity index (χ1n) is 6.29. The summed E-state index contributed by atoms with van der Waals surface area (Å²) in [4.78, 5) is 13.3. The highest BCUT2D eigenvalue weighted by Gasteiger charge is 2.29. The number of esters is 1. The fraction of sp³-hybridized carbons (Fsp3) is 0.500. The maximum atomic E-state index is 13.7. The third kappa shape index (κ3) is 3.92. The normalized spacial score (nSPS) is 13.7. The lowest BCUT2D eigenvalue weighted by molar-refractivity contribution is -0.146. The van der Waals surface area contributed by atoms with Crippen molar-refractivity contribution >= 4 is 11.7 Å². The van der Waals surface area contributed by atoms with Crippen LogP contribution >= 0.6 is 0 Å². The van der Waals surface area contributed by atoms with Crippen LogP contribution in [0.2, 0.25) is 0 Å². The van der Waals surface area contributed by atoms with Crippen LogP contribution in [0.1, 0.15) is 20.3 Å². The van der Waals surface area contributed by atoms with Crippen molar-refractivity contribution in [1.82, 2.24) is 0 Å². The Bertz CT molecular complexity index is 435. The SMILES string of the molecule is CCN(CCC(C)(N)C(=O)OC)c1ccccc1F. The Balaban J connectivity index is 2.74. The number of methoxy groups -OCH3 is 1. The molecule has 0 aromatic heterocycles. The molecule has 1 aromatic carbocycles. The number of anilines is 1. The number of carbonyl (C=O) groups is 1. The van der Waals surface area contributed by atoms with Gasteiger partial charge >= 0.3 is 5.97 Å². The molecule has 1 aromatic rings. The zero-order valence-corrected chi connectivity index (χ0v) is 11.6. The number of hydrogen-bond donors (Lipinski definition) is 1.